The number of carbonyl (C=O) groups excluding carboxylic acids is 1. The van der Waals surface area contributed by atoms with Crippen molar-refractivity contribution in [2.24, 2.45) is 0 Å². The third-order valence-corrected chi connectivity index (χ3v) is 3.25. The van der Waals surface area contributed by atoms with Gasteiger partial charge in [0.25, 0.3) is 0 Å². The van der Waals surface area contributed by atoms with Crippen molar-refractivity contribution < 1.29 is 9.53 Å². The number of anilines is 1. The number of hydrogen-bond acceptors (Lipinski definition) is 3. The Bertz CT molecular complexity index is 488. The largest absolute Gasteiger partial charge is 0.444 e. The van der Waals surface area contributed by atoms with Crippen molar-refractivity contribution in [1.29, 1.82) is 0 Å². The van der Waals surface area contributed by atoms with Gasteiger partial charge in [0.15, 0.2) is 0 Å². The van der Waals surface area contributed by atoms with Crippen LogP contribution in [0.4, 0.5) is 10.5 Å². The third kappa shape index (κ3) is 4.44. The van der Waals surface area contributed by atoms with Crippen molar-refractivity contribution in [3.63, 3.8) is 0 Å². The van der Waals surface area contributed by atoms with Crippen LogP contribution in [0, 0.1) is 0 Å². The van der Waals surface area contributed by atoms with Gasteiger partial charge in [0.1, 0.15) is 5.60 Å². The monoisotopic (exact) mass is 276 g/mol. The molecule has 0 aliphatic heterocycles. The first kappa shape index (κ1) is 14.7. The topological polar surface area (TPSA) is 64.3 Å². The number of rotatable bonds is 4. The van der Waals surface area contributed by atoms with Gasteiger partial charge in [-0.05, 0) is 69.2 Å². The highest BCUT2D eigenvalue weighted by Gasteiger charge is 2.26. The Kier molecular flexibility index (Phi) is 4.21. The van der Waals surface area contributed by atoms with Crippen LogP contribution in [0.3, 0.4) is 0 Å². The summed E-state index contributed by atoms with van der Waals surface area (Å²) < 4.78 is 5.21. The average molecular weight is 276 g/mol. The van der Waals surface area contributed by atoms with Crippen molar-refractivity contribution in [3.8, 4) is 0 Å². The highest BCUT2D eigenvalue weighted by molar-refractivity contribution is 5.67. The summed E-state index contributed by atoms with van der Waals surface area (Å²) in [5.74, 6) is 0.662. The molecule has 0 aromatic heterocycles. The fourth-order valence-electron chi connectivity index (χ4n) is 2.23. The standard InChI is InChI=1S/C16H24N2O2/c1-16(2,3)20-15(19)18-9-8-12-6-7-13(17)10-14(12)11-4-5-11/h6-7,10-11H,4-5,8-9,17H2,1-3H3,(H,18,19). The van der Waals surface area contributed by atoms with Crippen LogP contribution >= 0.6 is 0 Å². The third-order valence-electron chi connectivity index (χ3n) is 3.25. The van der Waals surface area contributed by atoms with E-state index in [4.69, 9.17) is 10.5 Å². The Morgan fingerprint density at radius 1 is 1.40 bits per heavy atom. The minimum atomic E-state index is -0.454. The van der Waals surface area contributed by atoms with Gasteiger partial charge in [0.05, 0.1) is 0 Å². The second-order valence-corrected chi connectivity index (χ2v) is 6.41. The lowest BCUT2D eigenvalue weighted by Gasteiger charge is -2.19. The van der Waals surface area contributed by atoms with E-state index in [0.717, 1.165) is 12.1 Å². The van der Waals surface area contributed by atoms with Crippen molar-refractivity contribution in [3.05, 3.63) is 29.3 Å². The number of ether oxygens (including phenoxy) is 1. The number of nitrogens with one attached hydrogen (secondary N) is 1. The van der Waals surface area contributed by atoms with Gasteiger partial charge in [0.2, 0.25) is 0 Å². The number of carbonyl (C=O) groups is 1. The average Bonchev–Trinajstić information content (AvgIpc) is 3.12. The van der Waals surface area contributed by atoms with E-state index in [9.17, 15) is 4.79 Å². The summed E-state index contributed by atoms with van der Waals surface area (Å²) in [7, 11) is 0. The fraction of sp³-hybridized carbons (Fsp3) is 0.562. The molecule has 110 valence electrons. The second kappa shape index (κ2) is 5.73. The zero-order chi connectivity index (χ0) is 14.8. The van der Waals surface area contributed by atoms with Crippen LogP contribution in [0.5, 0.6) is 0 Å². The first-order valence-electron chi connectivity index (χ1n) is 7.20. The molecule has 0 unspecified atom stereocenters. The van der Waals surface area contributed by atoms with Crippen LogP contribution in [0.15, 0.2) is 18.2 Å². The maximum atomic E-state index is 11.6. The lowest BCUT2D eigenvalue weighted by molar-refractivity contribution is 0.0528. The summed E-state index contributed by atoms with van der Waals surface area (Å²) in [5, 5.41) is 2.80. The Labute approximate surface area is 120 Å². The fourth-order valence-corrected chi connectivity index (χ4v) is 2.23. The van der Waals surface area contributed by atoms with Crippen molar-refractivity contribution in [1.82, 2.24) is 5.32 Å². The highest BCUT2D eigenvalue weighted by atomic mass is 16.6. The SMILES string of the molecule is CC(C)(C)OC(=O)NCCc1ccc(N)cc1C1CC1. The number of amides is 1. The summed E-state index contributed by atoms with van der Waals surface area (Å²) >= 11 is 0. The zero-order valence-corrected chi connectivity index (χ0v) is 12.5. The maximum absolute atomic E-state index is 11.6. The Morgan fingerprint density at radius 2 is 2.10 bits per heavy atom. The van der Waals surface area contributed by atoms with E-state index >= 15 is 0 Å². The van der Waals surface area contributed by atoms with Gasteiger partial charge < -0.3 is 15.8 Å². The Morgan fingerprint density at radius 3 is 2.70 bits per heavy atom. The lowest BCUT2D eigenvalue weighted by atomic mass is 10.00. The minimum absolute atomic E-state index is 0.360. The first-order chi connectivity index (χ1) is 9.35. The summed E-state index contributed by atoms with van der Waals surface area (Å²) in [5.41, 5.74) is 8.83. The molecule has 0 heterocycles. The van der Waals surface area contributed by atoms with Crippen LogP contribution in [-0.4, -0.2) is 18.2 Å². The van der Waals surface area contributed by atoms with E-state index in [1.807, 2.05) is 26.8 Å². The quantitative estimate of drug-likeness (QED) is 0.830. The molecule has 0 radical (unpaired) electrons. The molecule has 0 bridgehead atoms. The van der Waals surface area contributed by atoms with E-state index in [-0.39, 0.29) is 6.09 Å². The number of hydrogen-bond donors (Lipinski definition) is 2. The number of benzene rings is 1. The molecule has 1 saturated carbocycles. The molecule has 20 heavy (non-hydrogen) atoms. The summed E-state index contributed by atoms with van der Waals surface area (Å²) in [6, 6.07) is 6.06. The van der Waals surface area contributed by atoms with E-state index in [1.165, 1.54) is 24.0 Å². The number of nitrogens with two attached hydrogens (primary N) is 1. The summed E-state index contributed by atoms with van der Waals surface area (Å²) in [6.07, 6.45) is 2.94. The molecule has 2 rings (SSSR count). The molecule has 1 aliphatic rings. The molecule has 4 heteroatoms. The molecule has 1 fully saturated rings. The summed E-state index contributed by atoms with van der Waals surface area (Å²) in [4.78, 5) is 11.6. The minimum Gasteiger partial charge on any atom is -0.444 e. The van der Waals surface area contributed by atoms with Gasteiger partial charge in [-0.15, -0.1) is 0 Å². The van der Waals surface area contributed by atoms with Crippen molar-refractivity contribution >= 4 is 11.8 Å². The molecule has 3 N–H and O–H groups in total. The smallest absolute Gasteiger partial charge is 0.407 e. The zero-order valence-electron chi connectivity index (χ0n) is 12.5. The highest BCUT2D eigenvalue weighted by Crippen LogP contribution is 2.42. The predicted octanol–water partition coefficient (Wildman–Crippen LogP) is 3.21. The first-order valence-corrected chi connectivity index (χ1v) is 7.20. The van der Waals surface area contributed by atoms with Crippen LogP contribution in [0.25, 0.3) is 0 Å². The second-order valence-electron chi connectivity index (χ2n) is 6.41. The van der Waals surface area contributed by atoms with Gasteiger partial charge in [-0.3, -0.25) is 0 Å². The molecule has 0 spiro atoms. The van der Waals surface area contributed by atoms with Gasteiger partial charge in [0, 0.05) is 12.2 Å². The van der Waals surface area contributed by atoms with Crippen molar-refractivity contribution in [2.75, 3.05) is 12.3 Å². The van der Waals surface area contributed by atoms with E-state index in [0.29, 0.717) is 12.5 Å². The molecule has 4 nitrogen and oxygen atoms in total. The lowest BCUT2D eigenvalue weighted by Crippen LogP contribution is -2.33. The molecule has 1 aliphatic carbocycles. The predicted molar refractivity (Wildman–Crippen MR) is 80.8 cm³/mol. The molecule has 1 amide bonds. The van der Waals surface area contributed by atoms with Crippen LogP contribution < -0.4 is 11.1 Å². The van der Waals surface area contributed by atoms with E-state index < -0.39 is 5.60 Å². The van der Waals surface area contributed by atoms with Gasteiger partial charge in [-0.1, -0.05) is 6.07 Å². The van der Waals surface area contributed by atoms with E-state index in [1.54, 1.807) is 0 Å². The molecule has 1 aromatic carbocycles. The maximum Gasteiger partial charge on any atom is 0.407 e. The van der Waals surface area contributed by atoms with Crippen molar-refractivity contribution in [2.45, 2.75) is 51.6 Å². The normalized spacial score (nSPS) is 14.9. The summed E-state index contributed by atoms with van der Waals surface area (Å²) in [6.45, 7) is 6.16. The number of nitrogen functional groups attached to an aromatic ring is 1. The number of alkyl carbamates (subject to hydrolysis) is 1. The molecule has 0 atom stereocenters. The molecular formula is C16H24N2O2. The van der Waals surface area contributed by atoms with Crippen LogP contribution in [0.1, 0.15) is 50.7 Å². The Hall–Kier alpha value is -1.71. The van der Waals surface area contributed by atoms with Crippen LogP contribution in [-0.2, 0) is 11.2 Å². The van der Waals surface area contributed by atoms with E-state index in [2.05, 4.69) is 17.4 Å². The van der Waals surface area contributed by atoms with Gasteiger partial charge >= 0.3 is 6.09 Å². The Balaban J connectivity index is 1.87. The van der Waals surface area contributed by atoms with Gasteiger partial charge in [-0.2, -0.15) is 0 Å². The molecule has 1 aromatic rings. The molecule has 0 saturated heterocycles. The van der Waals surface area contributed by atoms with Gasteiger partial charge in [-0.25, -0.2) is 4.79 Å². The van der Waals surface area contributed by atoms with Crippen LogP contribution in [0.2, 0.25) is 0 Å². The molecular weight excluding hydrogens is 252 g/mol.